The molecule has 8 heteroatoms. The van der Waals surface area contributed by atoms with Gasteiger partial charge in [0.05, 0.1) is 0 Å². The van der Waals surface area contributed by atoms with Crippen molar-refractivity contribution < 1.29 is 18.8 Å². The Morgan fingerprint density at radius 3 is 2.60 bits per heavy atom. The second kappa shape index (κ2) is 9.26. The quantitative estimate of drug-likeness (QED) is 0.625. The average Bonchev–Trinajstić information content (AvgIpc) is 2.96. The van der Waals surface area contributed by atoms with Crippen LogP contribution in [0.3, 0.4) is 0 Å². The Morgan fingerprint density at radius 1 is 1.20 bits per heavy atom. The van der Waals surface area contributed by atoms with Crippen molar-refractivity contribution in [3.05, 3.63) is 70.5 Å². The van der Waals surface area contributed by atoms with E-state index >= 15 is 0 Å². The molecule has 1 aliphatic rings. The highest BCUT2D eigenvalue weighted by molar-refractivity contribution is 6.30. The fourth-order valence-corrected chi connectivity index (χ4v) is 3.72. The summed E-state index contributed by atoms with van der Waals surface area (Å²) >= 11 is 5.93. The number of benzene rings is 2. The van der Waals surface area contributed by atoms with Gasteiger partial charge >= 0.3 is 6.03 Å². The number of nitrogens with zero attached hydrogens (tertiary/aromatic N) is 1. The van der Waals surface area contributed by atoms with E-state index in [0.717, 1.165) is 16.9 Å². The van der Waals surface area contributed by atoms with E-state index in [2.05, 4.69) is 10.6 Å². The first kappa shape index (κ1) is 21.8. The molecule has 0 spiro atoms. The molecule has 4 amide bonds. The Bertz CT molecular complexity index is 951. The highest BCUT2D eigenvalue weighted by Crippen LogP contribution is 2.34. The number of carbonyl (C=O) groups excluding carboxylic acids is 3. The van der Waals surface area contributed by atoms with E-state index < -0.39 is 35.7 Å². The summed E-state index contributed by atoms with van der Waals surface area (Å²) in [5.41, 5.74) is 0.00259. The first-order valence-corrected chi connectivity index (χ1v) is 10.1. The first-order chi connectivity index (χ1) is 14.4. The van der Waals surface area contributed by atoms with Gasteiger partial charge in [-0.05, 0) is 41.8 Å². The summed E-state index contributed by atoms with van der Waals surface area (Å²) in [6.45, 7) is 1.79. The molecule has 3 rings (SSSR count). The Hall–Kier alpha value is -2.93. The number of nitrogens with one attached hydrogen (secondary N) is 2. The summed E-state index contributed by atoms with van der Waals surface area (Å²) in [6.07, 6.45) is 1.85. The summed E-state index contributed by atoms with van der Waals surface area (Å²) in [5.74, 6) is -1.41. The molecule has 158 valence electrons. The standard InChI is InChI=1S/C22H23ClFN3O3/c1-2-3-11-22(16-7-9-18(24)10-8-16)20(29)27(21(30)26-22)14-19(28)25-13-15-5-4-6-17(23)12-15/h4-10,12H,2-3,11,13-14H2,1H3,(H,25,28)(H,26,30). The van der Waals surface area contributed by atoms with E-state index in [0.29, 0.717) is 23.4 Å². The van der Waals surface area contributed by atoms with Crippen LogP contribution < -0.4 is 10.6 Å². The number of amides is 4. The lowest BCUT2D eigenvalue weighted by Crippen LogP contribution is -2.45. The molecule has 1 heterocycles. The molecule has 0 aliphatic carbocycles. The van der Waals surface area contributed by atoms with Crippen LogP contribution in [0.1, 0.15) is 37.3 Å². The molecule has 2 N–H and O–H groups in total. The van der Waals surface area contributed by atoms with Gasteiger partial charge in [-0.2, -0.15) is 0 Å². The minimum atomic E-state index is -1.30. The van der Waals surface area contributed by atoms with Gasteiger partial charge in [0.15, 0.2) is 0 Å². The number of unbranched alkanes of at least 4 members (excludes halogenated alkanes) is 1. The molecule has 0 radical (unpaired) electrons. The van der Waals surface area contributed by atoms with E-state index in [1.54, 1.807) is 18.2 Å². The van der Waals surface area contributed by atoms with Gasteiger partial charge in [-0.25, -0.2) is 9.18 Å². The molecular formula is C22H23ClFN3O3. The third kappa shape index (κ3) is 4.62. The molecule has 0 aromatic heterocycles. The maximum Gasteiger partial charge on any atom is 0.325 e. The molecule has 1 aliphatic heterocycles. The lowest BCUT2D eigenvalue weighted by Gasteiger charge is -2.27. The predicted octanol–water partition coefficient (Wildman–Crippen LogP) is 3.73. The molecule has 2 aromatic carbocycles. The highest BCUT2D eigenvalue weighted by Gasteiger charge is 2.52. The Kier molecular flexibility index (Phi) is 6.72. The summed E-state index contributed by atoms with van der Waals surface area (Å²) < 4.78 is 13.4. The van der Waals surface area contributed by atoms with E-state index in [4.69, 9.17) is 11.6 Å². The van der Waals surface area contributed by atoms with Gasteiger partial charge in [-0.3, -0.25) is 14.5 Å². The van der Waals surface area contributed by atoms with Crippen molar-refractivity contribution in [3.63, 3.8) is 0 Å². The van der Waals surface area contributed by atoms with Crippen molar-refractivity contribution in [1.29, 1.82) is 0 Å². The van der Waals surface area contributed by atoms with Crippen LogP contribution >= 0.6 is 11.6 Å². The summed E-state index contributed by atoms with van der Waals surface area (Å²) in [7, 11) is 0. The van der Waals surface area contributed by atoms with Crippen LogP contribution in [0.15, 0.2) is 48.5 Å². The zero-order valence-corrected chi connectivity index (χ0v) is 17.3. The van der Waals surface area contributed by atoms with Gasteiger partial charge in [-0.15, -0.1) is 0 Å². The van der Waals surface area contributed by atoms with Crippen LogP contribution in [0, 0.1) is 5.82 Å². The zero-order valence-electron chi connectivity index (χ0n) is 16.6. The molecule has 6 nitrogen and oxygen atoms in total. The van der Waals surface area contributed by atoms with E-state index in [-0.39, 0.29) is 6.54 Å². The molecular weight excluding hydrogens is 409 g/mol. The number of hydrogen-bond acceptors (Lipinski definition) is 3. The van der Waals surface area contributed by atoms with E-state index in [1.165, 1.54) is 24.3 Å². The Labute approximate surface area is 179 Å². The lowest BCUT2D eigenvalue weighted by molar-refractivity contribution is -0.135. The Morgan fingerprint density at radius 2 is 1.93 bits per heavy atom. The number of rotatable bonds is 8. The Balaban J connectivity index is 1.74. The van der Waals surface area contributed by atoms with Gasteiger partial charge in [0.25, 0.3) is 5.91 Å². The molecule has 0 bridgehead atoms. The molecule has 0 saturated carbocycles. The van der Waals surface area contributed by atoms with E-state index in [9.17, 15) is 18.8 Å². The van der Waals surface area contributed by atoms with Gasteiger partial charge in [0, 0.05) is 11.6 Å². The van der Waals surface area contributed by atoms with Crippen molar-refractivity contribution in [2.45, 2.75) is 38.3 Å². The van der Waals surface area contributed by atoms with Crippen LogP contribution in [-0.2, 0) is 21.7 Å². The molecule has 2 aromatic rings. The van der Waals surface area contributed by atoms with Gasteiger partial charge in [0.2, 0.25) is 5.91 Å². The van der Waals surface area contributed by atoms with Crippen LogP contribution in [0.2, 0.25) is 5.02 Å². The molecule has 1 saturated heterocycles. The van der Waals surface area contributed by atoms with Crippen LogP contribution in [0.25, 0.3) is 0 Å². The smallest absolute Gasteiger partial charge is 0.325 e. The monoisotopic (exact) mass is 431 g/mol. The van der Waals surface area contributed by atoms with Gasteiger partial charge < -0.3 is 10.6 Å². The van der Waals surface area contributed by atoms with Crippen molar-refractivity contribution in [1.82, 2.24) is 15.5 Å². The van der Waals surface area contributed by atoms with Crippen LogP contribution in [0.5, 0.6) is 0 Å². The van der Waals surface area contributed by atoms with Crippen molar-refractivity contribution >= 4 is 29.4 Å². The predicted molar refractivity (Wildman–Crippen MR) is 111 cm³/mol. The normalized spacial score (nSPS) is 18.4. The fourth-order valence-electron chi connectivity index (χ4n) is 3.50. The number of hydrogen-bond donors (Lipinski definition) is 2. The second-order valence-electron chi connectivity index (χ2n) is 7.24. The maximum absolute atomic E-state index is 13.4. The molecule has 1 atom stereocenters. The summed E-state index contributed by atoms with van der Waals surface area (Å²) in [6, 6.07) is 11.9. The highest BCUT2D eigenvalue weighted by atomic mass is 35.5. The third-order valence-electron chi connectivity index (χ3n) is 5.10. The number of urea groups is 1. The number of carbonyl (C=O) groups is 3. The third-order valence-corrected chi connectivity index (χ3v) is 5.33. The lowest BCUT2D eigenvalue weighted by atomic mass is 9.85. The van der Waals surface area contributed by atoms with Gasteiger partial charge in [0.1, 0.15) is 17.9 Å². The zero-order chi connectivity index (χ0) is 21.7. The largest absolute Gasteiger partial charge is 0.350 e. The van der Waals surface area contributed by atoms with Gasteiger partial charge in [-0.1, -0.05) is 55.6 Å². The minimum absolute atomic E-state index is 0.224. The topological polar surface area (TPSA) is 78.5 Å². The molecule has 1 unspecified atom stereocenters. The molecule has 30 heavy (non-hydrogen) atoms. The average molecular weight is 432 g/mol. The molecule has 1 fully saturated rings. The second-order valence-corrected chi connectivity index (χ2v) is 7.68. The fraction of sp³-hybridized carbons (Fsp3) is 0.318. The number of imide groups is 1. The SMILES string of the molecule is CCCCC1(c2ccc(F)cc2)NC(=O)N(CC(=O)NCc2cccc(Cl)c2)C1=O. The summed E-state index contributed by atoms with van der Waals surface area (Å²) in [5, 5.41) is 5.98. The van der Waals surface area contributed by atoms with Crippen molar-refractivity contribution in [2.75, 3.05) is 6.54 Å². The van der Waals surface area contributed by atoms with Crippen LogP contribution in [0.4, 0.5) is 9.18 Å². The van der Waals surface area contributed by atoms with Crippen molar-refractivity contribution in [2.24, 2.45) is 0 Å². The minimum Gasteiger partial charge on any atom is -0.350 e. The first-order valence-electron chi connectivity index (χ1n) is 9.77. The maximum atomic E-state index is 13.4. The van der Waals surface area contributed by atoms with E-state index in [1.807, 2.05) is 13.0 Å². The van der Waals surface area contributed by atoms with Crippen LogP contribution in [-0.4, -0.2) is 29.3 Å². The number of halogens is 2. The summed E-state index contributed by atoms with van der Waals surface area (Å²) in [4.78, 5) is 39.1. The van der Waals surface area contributed by atoms with Crippen molar-refractivity contribution in [3.8, 4) is 0 Å².